The summed E-state index contributed by atoms with van der Waals surface area (Å²) in [5.41, 5.74) is 0. The highest BCUT2D eigenvalue weighted by atomic mass is 16.5. The molecule has 0 bridgehead atoms. The van der Waals surface area contributed by atoms with E-state index in [4.69, 9.17) is 9.47 Å². The van der Waals surface area contributed by atoms with Crippen molar-refractivity contribution in [1.82, 2.24) is 10.2 Å². The molecule has 2 N–H and O–H groups in total. The van der Waals surface area contributed by atoms with Crippen LogP contribution in [-0.2, 0) is 9.53 Å². The molecule has 3 atom stereocenters. The smallest absolute Gasteiger partial charge is 0.223 e. The highest BCUT2D eigenvalue weighted by Gasteiger charge is 2.39. The molecule has 1 saturated carbocycles. The summed E-state index contributed by atoms with van der Waals surface area (Å²) in [5.74, 6) is 0.691. The summed E-state index contributed by atoms with van der Waals surface area (Å²) < 4.78 is 10.9. The molecule has 2 aliphatic rings. The monoisotopic (exact) mass is 334 g/mol. The molecule has 6 heteroatoms. The van der Waals surface area contributed by atoms with Gasteiger partial charge in [-0.1, -0.05) is 18.2 Å². The van der Waals surface area contributed by atoms with Gasteiger partial charge in [0.25, 0.3) is 0 Å². The maximum atomic E-state index is 12.1. The number of aliphatic hydroxyl groups is 1. The van der Waals surface area contributed by atoms with Gasteiger partial charge >= 0.3 is 0 Å². The van der Waals surface area contributed by atoms with Gasteiger partial charge in [0.2, 0.25) is 5.91 Å². The minimum absolute atomic E-state index is 0.0717. The van der Waals surface area contributed by atoms with Gasteiger partial charge in [-0.15, -0.1) is 0 Å². The van der Waals surface area contributed by atoms with Crippen molar-refractivity contribution >= 4 is 5.91 Å². The molecule has 1 aliphatic heterocycles. The Hall–Kier alpha value is -1.63. The fourth-order valence-electron chi connectivity index (χ4n) is 3.48. The van der Waals surface area contributed by atoms with Crippen LogP contribution in [-0.4, -0.2) is 67.0 Å². The number of morpholine rings is 1. The van der Waals surface area contributed by atoms with Gasteiger partial charge in [-0.05, 0) is 25.0 Å². The molecule has 1 aliphatic carbocycles. The van der Waals surface area contributed by atoms with Gasteiger partial charge in [0.1, 0.15) is 5.75 Å². The second-order valence-electron chi connectivity index (χ2n) is 6.37. The first-order valence-corrected chi connectivity index (χ1v) is 8.71. The summed E-state index contributed by atoms with van der Waals surface area (Å²) in [4.78, 5) is 14.4. The average molecular weight is 334 g/mol. The lowest BCUT2D eigenvalue weighted by Gasteiger charge is -2.34. The normalized spacial score (nSPS) is 27.8. The van der Waals surface area contributed by atoms with Crippen LogP contribution in [0.4, 0.5) is 0 Å². The molecule has 0 unspecified atom stereocenters. The summed E-state index contributed by atoms with van der Waals surface area (Å²) in [6.45, 7) is 3.49. The number of carbonyl (C=O) groups is 1. The standard InChI is InChI=1S/C18H26N2O4/c21-17(8-11-24-14-4-2-1-3-5-14)19-15-6-7-16(18(15)22)20-9-12-23-13-10-20/h1-5,15-16,18,22H,6-13H2,(H,19,21)/t15-,16-,18-/m1/s1. The Kier molecular flexibility index (Phi) is 6.07. The summed E-state index contributed by atoms with van der Waals surface area (Å²) in [7, 11) is 0. The molecule has 1 amide bonds. The first kappa shape index (κ1) is 17.2. The van der Waals surface area contributed by atoms with Crippen molar-refractivity contribution in [1.29, 1.82) is 0 Å². The molecule has 132 valence electrons. The molecular weight excluding hydrogens is 308 g/mol. The highest BCUT2D eigenvalue weighted by molar-refractivity contribution is 5.76. The molecule has 6 nitrogen and oxygen atoms in total. The van der Waals surface area contributed by atoms with Gasteiger partial charge in [0.15, 0.2) is 0 Å². The molecule has 24 heavy (non-hydrogen) atoms. The fourth-order valence-corrected chi connectivity index (χ4v) is 3.48. The van der Waals surface area contributed by atoms with Gasteiger partial charge < -0.3 is 19.9 Å². The number of ether oxygens (including phenoxy) is 2. The van der Waals surface area contributed by atoms with Crippen molar-refractivity contribution in [2.75, 3.05) is 32.9 Å². The lowest BCUT2D eigenvalue weighted by Crippen LogP contribution is -2.51. The quantitative estimate of drug-likeness (QED) is 0.805. The van der Waals surface area contributed by atoms with Crippen LogP contribution in [0.1, 0.15) is 19.3 Å². The summed E-state index contributed by atoms with van der Waals surface area (Å²) in [6, 6.07) is 9.41. The van der Waals surface area contributed by atoms with E-state index in [2.05, 4.69) is 10.2 Å². The molecule has 1 aromatic rings. The van der Waals surface area contributed by atoms with Gasteiger partial charge in [-0.3, -0.25) is 9.69 Å². The van der Waals surface area contributed by atoms with Crippen LogP contribution >= 0.6 is 0 Å². The Morgan fingerprint density at radius 2 is 2.00 bits per heavy atom. The fraction of sp³-hybridized carbons (Fsp3) is 0.611. The minimum Gasteiger partial charge on any atom is -0.493 e. The van der Waals surface area contributed by atoms with Gasteiger partial charge in [0, 0.05) is 19.1 Å². The maximum Gasteiger partial charge on any atom is 0.223 e. The average Bonchev–Trinajstić information content (AvgIpc) is 2.97. The summed E-state index contributed by atoms with van der Waals surface area (Å²) in [5, 5.41) is 13.5. The number of aliphatic hydroxyl groups excluding tert-OH is 1. The van der Waals surface area contributed by atoms with Crippen LogP contribution in [0.5, 0.6) is 5.75 Å². The predicted molar refractivity (Wildman–Crippen MR) is 89.9 cm³/mol. The number of nitrogens with one attached hydrogen (secondary N) is 1. The van der Waals surface area contributed by atoms with E-state index in [-0.39, 0.29) is 18.0 Å². The Morgan fingerprint density at radius 3 is 2.75 bits per heavy atom. The Labute approximate surface area is 142 Å². The Balaban J connectivity index is 1.40. The van der Waals surface area contributed by atoms with E-state index in [1.807, 2.05) is 30.3 Å². The topological polar surface area (TPSA) is 71.0 Å². The number of benzene rings is 1. The molecule has 2 fully saturated rings. The number of carbonyl (C=O) groups excluding carboxylic acids is 1. The van der Waals surface area contributed by atoms with Crippen molar-refractivity contribution in [3.05, 3.63) is 30.3 Å². The third-order valence-electron chi connectivity index (χ3n) is 4.78. The number of amides is 1. The van der Waals surface area contributed by atoms with Crippen molar-refractivity contribution in [2.45, 2.75) is 37.5 Å². The number of hydrogen-bond donors (Lipinski definition) is 2. The zero-order chi connectivity index (χ0) is 16.8. The van der Waals surface area contributed by atoms with Gasteiger partial charge in [0.05, 0.1) is 38.4 Å². The zero-order valence-corrected chi connectivity index (χ0v) is 13.9. The van der Waals surface area contributed by atoms with Gasteiger partial charge in [-0.2, -0.15) is 0 Å². The van der Waals surface area contributed by atoms with E-state index in [1.54, 1.807) is 0 Å². The molecule has 3 rings (SSSR count). The predicted octanol–water partition coefficient (Wildman–Crippen LogP) is 0.796. The van der Waals surface area contributed by atoms with Crippen LogP contribution < -0.4 is 10.1 Å². The first-order valence-electron chi connectivity index (χ1n) is 8.71. The van der Waals surface area contributed by atoms with Crippen LogP contribution in [0.2, 0.25) is 0 Å². The van der Waals surface area contributed by atoms with Crippen LogP contribution in [0.3, 0.4) is 0 Å². The van der Waals surface area contributed by atoms with Crippen molar-refractivity contribution in [3.8, 4) is 5.75 Å². The molecular formula is C18H26N2O4. The van der Waals surface area contributed by atoms with E-state index >= 15 is 0 Å². The molecule has 1 saturated heterocycles. The number of hydrogen-bond acceptors (Lipinski definition) is 5. The molecule has 0 radical (unpaired) electrons. The van der Waals surface area contributed by atoms with E-state index in [0.717, 1.165) is 44.9 Å². The van der Waals surface area contributed by atoms with E-state index < -0.39 is 6.10 Å². The number of para-hydroxylation sites is 1. The summed E-state index contributed by atoms with van der Waals surface area (Å²) >= 11 is 0. The molecule has 1 aromatic carbocycles. The Morgan fingerprint density at radius 1 is 1.25 bits per heavy atom. The van der Waals surface area contributed by atoms with Crippen LogP contribution in [0.15, 0.2) is 30.3 Å². The van der Waals surface area contributed by atoms with Crippen molar-refractivity contribution in [2.24, 2.45) is 0 Å². The second-order valence-corrected chi connectivity index (χ2v) is 6.37. The van der Waals surface area contributed by atoms with E-state index in [0.29, 0.717) is 13.0 Å². The van der Waals surface area contributed by atoms with Gasteiger partial charge in [-0.25, -0.2) is 0 Å². The highest BCUT2D eigenvalue weighted by Crippen LogP contribution is 2.25. The number of rotatable bonds is 6. The van der Waals surface area contributed by atoms with Crippen LogP contribution in [0.25, 0.3) is 0 Å². The molecule has 1 heterocycles. The number of nitrogens with zero attached hydrogens (tertiary/aromatic N) is 1. The van der Waals surface area contributed by atoms with E-state index in [9.17, 15) is 9.90 Å². The lowest BCUT2D eigenvalue weighted by atomic mass is 10.1. The second kappa shape index (κ2) is 8.46. The molecule has 0 spiro atoms. The zero-order valence-electron chi connectivity index (χ0n) is 13.9. The SMILES string of the molecule is O=C(CCOc1ccccc1)N[C@@H]1CC[C@@H](N2CCOCC2)[C@@H]1O. The third kappa shape index (κ3) is 4.47. The van der Waals surface area contributed by atoms with Crippen LogP contribution in [0, 0.1) is 0 Å². The Bertz CT molecular complexity index is 519. The largest absolute Gasteiger partial charge is 0.493 e. The summed E-state index contributed by atoms with van der Waals surface area (Å²) in [6.07, 6.45) is 1.50. The first-order chi connectivity index (χ1) is 11.7. The maximum absolute atomic E-state index is 12.1. The minimum atomic E-state index is -0.512. The van der Waals surface area contributed by atoms with Crippen molar-refractivity contribution < 1.29 is 19.4 Å². The van der Waals surface area contributed by atoms with Crippen molar-refractivity contribution in [3.63, 3.8) is 0 Å². The molecule has 0 aromatic heterocycles. The van der Waals surface area contributed by atoms with E-state index in [1.165, 1.54) is 0 Å². The lowest BCUT2D eigenvalue weighted by molar-refractivity contribution is -0.123. The third-order valence-corrected chi connectivity index (χ3v) is 4.78.